The molecule has 1 aromatic heterocycles. The van der Waals surface area contributed by atoms with Gasteiger partial charge in [0.1, 0.15) is 17.5 Å². The van der Waals surface area contributed by atoms with Crippen LogP contribution in [-0.4, -0.2) is 28.1 Å². The molecule has 0 atom stereocenters. The fourth-order valence-electron chi connectivity index (χ4n) is 1.60. The number of rotatable bonds is 4. The van der Waals surface area contributed by atoms with Crippen LogP contribution in [0.4, 0.5) is 17.3 Å². The van der Waals surface area contributed by atoms with Crippen LogP contribution in [0, 0.1) is 6.92 Å². The van der Waals surface area contributed by atoms with Crippen molar-refractivity contribution < 1.29 is 9.90 Å². The van der Waals surface area contributed by atoms with E-state index >= 15 is 0 Å². The minimum Gasteiger partial charge on any atom is -0.478 e. The second-order valence-electron chi connectivity index (χ2n) is 3.94. The molecule has 1 heterocycles. The van der Waals surface area contributed by atoms with Crippen molar-refractivity contribution in [3.63, 3.8) is 0 Å². The third-order valence-electron chi connectivity index (χ3n) is 2.50. The smallest absolute Gasteiger partial charge is 0.335 e. The normalized spacial score (nSPS) is 10.0. The largest absolute Gasteiger partial charge is 0.478 e. The summed E-state index contributed by atoms with van der Waals surface area (Å²) < 4.78 is 0. The molecular formula is C13H14N4O2. The molecule has 0 amide bonds. The van der Waals surface area contributed by atoms with Crippen LogP contribution in [0.2, 0.25) is 0 Å². The van der Waals surface area contributed by atoms with Gasteiger partial charge in [0.15, 0.2) is 0 Å². The lowest BCUT2D eigenvalue weighted by atomic mass is 10.2. The lowest BCUT2D eigenvalue weighted by Gasteiger charge is -2.08. The van der Waals surface area contributed by atoms with Crippen molar-refractivity contribution >= 4 is 23.3 Å². The number of carboxylic acid groups (broad SMARTS) is 1. The highest BCUT2D eigenvalue weighted by Gasteiger charge is 2.04. The summed E-state index contributed by atoms with van der Waals surface area (Å²) in [6.45, 7) is 1.81. The second-order valence-corrected chi connectivity index (χ2v) is 3.94. The van der Waals surface area contributed by atoms with Gasteiger partial charge in [0, 0.05) is 18.8 Å². The lowest BCUT2D eigenvalue weighted by Crippen LogP contribution is -2.01. The summed E-state index contributed by atoms with van der Waals surface area (Å²) in [5.74, 6) is 1.08. The van der Waals surface area contributed by atoms with Gasteiger partial charge in [-0.1, -0.05) is 0 Å². The first-order chi connectivity index (χ1) is 9.08. The van der Waals surface area contributed by atoms with Crippen LogP contribution < -0.4 is 10.6 Å². The van der Waals surface area contributed by atoms with Gasteiger partial charge in [0.05, 0.1) is 5.56 Å². The monoisotopic (exact) mass is 258 g/mol. The third kappa shape index (κ3) is 3.19. The Hall–Kier alpha value is -2.63. The summed E-state index contributed by atoms with van der Waals surface area (Å²) in [4.78, 5) is 19.2. The van der Waals surface area contributed by atoms with E-state index in [1.54, 1.807) is 32.2 Å². The van der Waals surface area contributed by atoms with Crippen LogP contribution in [0.15, 0.2) is 30.3 Å². The predicted octanol–water partition coefficient (Wildman–Crippen LogP) is 2.27. The van der Waals surface area contributed by atoms with Gasteiger partial charge < -0.3 is 15.7 Å². The Balaban J connectivity index is 2.21. The molecule has 0 saturated carbocycles. The molecule has 0 unspecified atom stereocenters. The topological polar surface area (TPSA) is 87.1 Å². The van der Waals surface area contributed by atoms with E-state index in [0.717, 1.165) is 11.5 Å². The average Bonchev–Trinajstić information content (AvgIpc) is 2.38. The molecule has 2 aromatic rings. The summed E-state index contributed by atoms with van der Waals surface area (Å²) in [5, 5.41) is 14.9. The minimum atomic E-state index is -0.943. The van der Waals surface area contributed by atoms with Crippen molar-refractivity contribution in [3.8, 4) is 0 Å². The number of carbonyl (C=O) groups is 1. The van der Waals surface area contributed by atoms with Crippen molar-refractivity contribution in [2.75, 3.05) is 17.7 Å². The summed E-state index contributed by atoms with van der Waals surface area (Å²) in [6.07, 6.45) is 0. The van der Waals surface area contributed by atoms with E-state index in [2.05, 4.69) is 20.6 Å². The maximum Gasteiger partial charge on any atom is 0.335 e. The van der Waals surface area contributed by atoms with Crippen molar-refractivity contribution in [2.45, 2.75) is 6.92 Å². The van der Waals surface area contributed by atoms with E-state index in [1.165, 1.54) is 12.1 Å². The first-order valence-electron chi connectivity index (χ1n) is 5.72. The van der Waals surface area contributed by atoms with Crippen molar-refractivity contribution in [1.29, 1.82) is 0 Å². The number of benzene rings is 1. The Morgan fingerprint density at radius 1 is 1.16 bits per heavy atom. The van der Waals surface area contributed by atoms with Crippen LogP contribution in [0.25, 0.3) is 0 Å². The number of hydrogen-bond acceptors (Lipinski definition) is 5. The molecule has 0 aliphatic carbocycles. The standard InChI is InChI=1S/C13H14N4O2/c1-8-15-11(14-2)7-12(16-8)17-10-5-3-9(4-6-10)13(18)19/h3-7H,1-2H3,(H,18,19)(H2,14,15,16,17). The molecule has 19 heavy (non-hydrogen) atoms. The van der Waals surface area contributed by atoms with Crippen molar-refractivity contribution in [1.82, 2.24) is 9.97 Å². The van der Waals surface area contributed by atoms with Gasteiger partial charge >= 0.3 is 5.97 Å². The average molecular weight is 258 g/mol. The number of carboxylic acids is 1. The number of nitrogens with zero attached hydrogens (tertiary/aromatic N) is 2. The van der Waals surface area contributed by atoms with E-state index in [-0.39, 0.29) is 5.56 Å². The third-order valence-corrected chi connectivity index (χ3v) is 2.50. The number of nitrogens with one attached hydrogen (secondary N) is 2. The molecule has 1 aromatic carbocycles. The number of aromatic nitrogens is 2. The number of hydrogen-bond donors (Lipinski definition) is 3. The van der Waals surface area contributed by atoms with Crippen molar-refractivity contribution in [3.05, 3.63) is 41.7 Å². The first-order valence-corrected chi connectivity index (χ1v) is 5.72. The zero-order valence-corrected chi connectivity index (χ0v) is 10.6. The molecule has 2 rings (SSSR count). The summed E-state index contributed by atoms with van der Waals surface area (Å²) in [6, 6.07) is 8.24. The molecule has 0 aliphatic rings. The highest BCUT2D eigenvalue weighted by atomic mass is 16.4. The SMILES string of the molecule is CNc1cc(Nc2ccc(C(=O)O)cc2)nc(C)n1. The molecule has 0 saturated heterocycles. The Kier molecular flexibility index (Phi) is 3.61. The zero-order chi connectivity index (χ0) is 13.8. The highest BCUT2D eigenvalue weighted by Crippen LogP contribution is 2.17. The minimum absolute atomic E-state index is 0.250. The van der Waals surface area contributed by atoms with Gasteiger partial charge in [-0.25, -0.2) is 14.8 Å². The number of aromatic carboxylic acids is 1. The molecular weight excluding hydrogens is 244 g/mol. The van der Waals surface area contributed by atoms with E-state index in [0.29, 0.717) is 11.6 Å². The maximum absolute atomic E-state index is 10.7. The summed E-state index contributed by atoms with van der Waals surface area (Å²) in [7, 11) is 1.78. The zero-order valence-electron chi connectivity index (χ0n) is 10.6. The Morgan fingerprint density at radius 3 is 2.37 bits per heavy atom. The predicted molar refractivity (Wildman–Crippen MR) is 73.0 cm³/mol. The van der Waals surface area contributed by atoms with Crippen LogP contribution in [-0.2, 0) is 0 Å². The molecule has 3 N–H and O–H groups in total. The summed E-state index contributed by atoms with van der Waals surface area (Å²) in [5.41, 5.74) is 1.02. The van der Waals surface area contributed by atoms with Gasteiger partial charge in [-0.3, -0.25) is 0 Å². The second kappa shape index (κ2) is 5.34. The maximum atomic E-state index is 10.7. The molecule has 6 nitrogen and oxygen atoms in total. The summed E-state index contributed by atoms with van der Waals surface area (Å²) >= 11 is 0. The molecule has 98 valence electrons. The lowest BCUT2D eigenvalue weighted by molar-refractivity contribution is 0.0697. The first kappa shape index (κ1) is 12.8. The van der Waals surface area contributed by atoms with Gasteiger partial charge in [0.25, 0.3) is 0 Å². The highest BCUT2D eigenvalue weighted by molar-refractivity contribution is 5.88. The van der Waals surface area contributed by atoms with Crippen LogP contribution in [0.1, 0.15) is 16.2 Å². The van der Waals surface area contributed by atoms with Crippen LogP contribution in [0.5, 0.6) is 0 Å². The van der Waals surface area contributed by atoms with E-state index in [1.807, 2.05) is 0 Å². The molecule has 0 spiro atoms. The molecule has 0 radical (unpaired) electrons. The van der Waals surface area contributed by atoms with E-state index < -0.39 is 5.97 Å². The van der Waals surface area contributed by atoms with Gasteiger partial charge in [-0.2, -0.15) is 0 Å². The van der Waals surface area contributed by atoms with E-state index in [9.17, 15) is 4.79 Å². The molecule has 0 fully saturated rings. The van der Waals surface area contributed by atoms with Gasteiger partial charge in [0.2, 0.25) is 0 Å². The Morgan fingerprint density at radius 2 is 1.79 bits per heavy atom. The van der Waals surface area contributed by atoms with Crippen molar-refractivity contribution in [2.24, 2.45) is 0 Å². The number of aryl methyl sites for hydroxylation is 1. The molecule has 0 aliphatic heterocycles. The Labute approximate surface area is 110 Å². The van der Waals surface area contributed by atoms with Crippen LogP contribution >= 0.6 is 0 Å². The van der Waals surface area contributed by atoms with E-state index in [4.69, 9.17) is 5.11 Å². The fourth-order valence-corrected chi connectivity index (χ4v) is 1.60. The van der Waals surface area contributed by atoms with Crippen LogP contribution in [0.3, 0.4) is 0 Å². The quantitative estimate of drug-likeness (QED) is 0.779. The van der Waals surface area contributed by atoms with Gasteiger partial charge in [-0.15, -0.1) is 0 Å². The number of anilines is 3. The Bertz CT molecular complexity index is 596. The van der Waals surface area contributed by atoms with Gasteiger partial charge in [-0.05, 0) is 31.2 Å². The fraction of sp³-hybridized carbons (Fsp3) is 0.154. The molecule has 0 bridgehead atoms. The molecule has 6 heteroatoms.